The number of likely N-dealkylation sites (N-methyl/N-ethyl adjacent to an activating group) is 1. The molecule has 2 atom stereocenters. The highest BCUT2D eigenvalue weighted by Crippen LogP contribution is 2.27. The zero-order chi connectivity index (χ0) is 16.1. The number of halogens is 2. The van der Waals surface area contributed by atoms with E-state index in [1.165, 1.54) is 0 Å². The normalized spacial score (nSPS) is 19.9. The molecule has 1 fully saturated rings. The highest BCUT2D eigenvalue weighted by molar-refractivity contribution is 5.85. The van der Waals surface area contributed by atoms with Gasteiger partial charge in [0, 0.05) is 51.4 Å². The molecule has 1 aromatic rings. The van der Waals surface area contributed by atoms with Gasteiger partial charge in [-0.15, -0.1) is 24.8 Å². The third-order valence-electron chi connectivity index (χ3n) is 4.54. The SMILES string of the molecule is CCN(CCNC(=O)[C@H]1CNC[C@@H]1c1cnn(C)c1)C(C)C.Cl.Cl. The van der Waals surface area contributed by atoms with Crippen molar-refractivity contribution in [3.8, 4) is 0 Å². The van der Waals surface area contributed by atoms with Gasteiger partial charge in [0.1, 0.15) is 0 Å². The van der Waals surface area contributed by atoms with Crippen molar-refractivity contribution in [1.29, 1.82) is 0 Å². The van der Waals surface area contributed by atoms with Crippen LogP contribution in [0.2, 0.25) is 0 Å². The number of carbonyl (C=O) groups is 1. The molecular weight excluding hydrogens is 349 g/mol. The van der Waals surface area contributed by atoms with Crippen LogP contribution in [0.4, 0.5) is 0 Å². The highest BCUT2D eigenvalue weighted by Gasteiger charge is 2.34. The first kappa shape index (κ1) is 23.2. The van der Waals surface area contributed by atoms with E-state index in [9.17, 15) is 4.79 Å². The summed E-state index contributed by atoms with van der Waals surface area (Å²) >= 11 is 0. The Morgan fingerprint density at radius 1 is 1.46 bits per heavy atom. The summed E-state index contributed by atoms with van der Waals surface area (Å²) in [5.74, 6) is 0.373. The second-order valence-electron chi connectivity index (χ2n) is 6.33. The highest BCUT2D eigenvalue weighted by atomic mass is 35.5. The van der Waals surface area contributed by atoms with Crippen molar-refractivity contribution in [2.75, 3.05) is 32.7 Å². The van der Waals surface area contributed by atoms with E-state index in [0.717, 1.165) is 31.7 Å². The lowest BCUT2D eigenvalue weighted by molar-refractivity contribution is -0.124. The van der Waals surface area contributed by atoms with Crippen LogP contribution in [0.1, 0.15) is 32.3 Å². The van der Waals surface area contributed by atoms with Crippen LogP contribution in [0.15, 0.2) is 12.4 Å². The van der Waals surface area contributed by atoms with Crippen LogP contribution >= 0.6 is 24.8 Å². The summed E-state index contributed by atoms with van der Waals surface area (Å²) < 4.78 is 1.80. The summed E-state index contributed by atoms with van der Waals surface area (Å²) in [6.07, 6.45) is 3.88. The van der Waals surface area contributed by atoms with Gasteiger partial charge in [-0.1, -0.05) is 6.92 Å². The minimum absolute atomic E-state index is 0. The number of nitrogens with zero attached hydrogens (tertiary/aromatic N) is 3. The van der Waals surface area contributed by atoms with Gasteiger partial charge in [0.2, 0.25) is 5.91 Å². The second kappa shape index (κ2) is 10.9. The van der Waals surface area contributed by atoms with E-state index >= 15 is 0 Å². The number of nitrogens with one attached hydrogen (secondary N) is 2. The van der Waals surface area contributed by atoms with Crippen LogP contribution < -0.4 is 10.6 Å². The fourth-order valence-electron chi connectivity index (χ4n) is 3.17. The van der Waals surface area contributed by atoms with Gasteiger partial charge in [0.05, 0.1) is 12.1 Å². The number of carbonyl (C=O) groups excluding carboxylic acids is 1. The number of hydrogen-bond donors (Lipinski definition) is 2. The van der Waals surface area contributed by atoms with Crippen LogP contribution in [-0.4, -0.2) is 59.4 Å². The van der Waals surface area contributed by atoms with E-state index in [1.54, 1.807) is 4.68 Å². The molecule has 0 aromatic carbocycles. The van der Waals surface area contributed by atoms with E-state index in [-0.39, 0.29) is 42.6 Å². The van der Waals surface area contributed by atoms with Crippen molar-refractivity contribution in [2.24, 2.45) is 13.0 Å². The Balaban J connectivity index is 0.00000264. The number of rotatable bonds is 7. The van der Waals surface area contributed by atoms with Crippen molar-refractivity contribution in [1.82, 2.24) is 25.3 Å². The first-order valence-electron chi connectivity index (χ1n) is 8.24. The summed E-state index contributed by atoms with van der Waals surface area (Å²) in [7, 11) is 1.91. The molecule has 0 bridgehead atoms. The molecular formula is C16H31Cl2N5O. The molecule has 8 heteroatoms. The van der Waals surface area contributed by atoms with E-state index in [2.05, 4.69) is 41.4 Å². The summed E-state index contributed by atoms with van der Waals surface area (Å²) in [6, 6.07) is 0.512. The Morgan fingerprint density at radius 3 is 2.71 bits per heavy atom. The van der Waals surface area contributed by atoms with E-state index in [0.29, 0.717) is 12.6 Å². The van der Waals surface area contributed by atoms with Crippen molar-refractivity contribution in [3.05, 3.63) is 18.0 Å². The van der Waals surface area contributed by atoms with Gasteiger partial charge in [0.15, 0.2) is 0 Å². The third-order valence-corrected chi connectivity index (χ3v) is 4.54. The van der Waals surface area contributed by atoms with Crippen LogP contribution in [0.3, 0.4) is 0 Å². The maximum Gasteiger partial charge on any atom is 0.225 e. The third kappa shape index (κ3) is 5.92. The number of hydrogen-bond acceptors (Lipinski definition) is 4. The standard InChI is InChI=1S/C16H29N5O.2ClH/c1-5-21(12(2)3)7-6-18-16(22)15-10-17-9-14(15)13-8-19-20(4)11-13;;/h8,11-12,14-15,17H,5-7,9-10H2,1-4H3,(H,18,22);2*1H/t14-,15+;;/m1../s1. The lowest BCUT2D eigenvalue weighted by Crippen LogP contribution is -2.41. The summed E-state index contributed by atoms with van der Waals surface area (Å²) in [5.41, 5.74) is 1.14. The molecule has 1 aliphatic rings. The Labute approximate surface area is 157 Å². The summed E-state index contributed by atoms with van der Waals surface area (Å²) in [5, 5.41) is 10.7. The Hall–Kier alpha value is -0.820. The average Bonchev–Trinajstić information content (AvgIpc) is 3.11. The van der Waals surface area contributed by atoms with Crippen molar-refractivity contribution in [3.63, 3.8) is 0 Å². The minimum atomic E-state index is -0.00155. The van der Waals surface area contributed by atoms with Crippen LogP contribution in [0.5, 0.6) is 0 Å². The van der Waals surface area contributed by atoms with Gasteiger partial charge in [-0.3, -0.25) is 14.4 Å². The Kier molecular flexibility index (Phi) is 10.6. The predicted molar refractivity (Wildman–Crippen MR) is 102 cm³/mol. The van der Waals surface area contributed by atoms with Gasteiger partial charge in [-0.25, -0.2) is 0 Å². The first-order chi connectivity index (χ1) is 10.5. The average molecular weight is 380 g/mol. The quantitative estimate of drug-likeness (QED) is 0.751. The van der Waals surface area contributed by atoms with E-state index < -0.39 is 0 Å². The molecule has 0 spiro atoms. The van der Waals surface area contributed by atoms with E-state index in [4.69, 9.17) is 0 Å². The molecule has 6 nitrogen and oxygen atoms in total. The molecule has 2 rings (SSSR count). The van der Waals surface area contributed by atoms with Crippen molar-refractivity contribution in [2.45, 2.75) is 32.7 Å². The largest absolute Gasteiger partial charge is 0.355 e. The summed E-state index contributed by atoms with van der Waals surface area (Å²) in [6.45, 7) is 10.7. The lowest BCUT2D eigenvalue weighted by atomic mass is 9.90. The molecule has 24 heavy (non-hydrogen) atoms. The smallest absolute Gasteiger partial charge is 0.225 e. The maximum atomic E-state index is 12.5. The molecule has 0 radical (unpaired) electrons. The molecule has 1 aromatic heterocycles. The summed E-state index contributed by atoms with van der Waals surface area (Å²) in [4.78, 5) is 14.8. The van der Waals surface area contributed by atoms with Crippen LogP contribution in [0.25, 0.3) is 0 Å². The molecule has 2 N–H and O–H groups in total. The van der Waals surface area contributed by atoms with Crippen molar-refractivity contribution < 1.29 is 4.79 Å². The topological polar surface area (TPSA) is 62.2 Å². The fraction of sp³-hybridized carbons (Fsp3) is 0.750. The minimum Gasteiger partial charge on any atom is -0.355 e. The van der Waals surface area contributed by atoms with Gasteiger partial charge < -0.3 is 10.6 Å². The predicted octanol–water partition coefficient (Wildman–Crippen LogP) is 1.41. The maximum absolute atomic E-state index is 12.5. The van der Waals surface area contributed by atoms with Crippen molar-refractivity contribution >= 4 is 30.7 Å². The molecule has 0 aliphatic carbocycles. The number of amides is 1. The zero-order valence-corrected chi connectivity index (χ0v) is 16.6. The van der Waals surface area contributed by atoms with Gasteiger partial charge >= 0.3 is 0 Å². The van der Waals surface area contributed by atoms with Crippen LogP contribution in [0, 0.1) is 5.92 Å². The molecule has 1 aliphatic heterocycles. The molecule has 1 amide bonds. The Morgan fingerprint density at radius 2 is 2.17 bits per heavy atom. The molecule has 1 saturated heterocycles. The lowest BCUT2D eigenvalue weighted by Gasteiger charge is -2.25. The van der Waals surface area contributed by atoms with Gasteiger partial charge in [-0.05, 0) is 26.0 Å². The molecule has 2 heterocycles. The van der Waals surface area contributed by atoms with Gasteiger partial charge in [0.25, 0.3) is 0 Å². The van der Waals surface area contributed by atoms with Crippen LogP contribution in [-0.2, 0) is 11.8 Å². The number of aromatic nitrogens is 2. The van der Waals surface area contributed by atoms with Gasteiger partial charge in [-0.2, -0.15) is 5.10 Å². The Bertz CT molecular complexity index is 495. The number of aryl methyl sites for hydroxylation is 1. The molecule has 0 unspecified atom stereocenters. The fourth-order valence-corrected chi connectivity index (χ4v) is 3.17. The van der Waals surface area contributed by atoms with E-state index in [1.807, 2.05) is 19.4 Å². The molecule has 140 valence electrons. The molecule has 0 saturated carbocycles. The monoisotopic (exact) mass is 379 g/mol. The second-order valence-corrected chi connectivity index (χ2v) is 6.33. The first-order valence-corrected chi connectivity index (χ1v) is 8.24. The zero-order valence-electron chi connectivity index (χ0n) is 15.0.